The SMILES string of the molecule is CN(C)[Si](C)(C)C(C)(C)[Si](C)(C)C. The number of nitrogens with zero attached hydrogens (tertiary/aromatic N) is 1. The molecule has 1 nitrogen and oxygen atoms in total. The van der Waals surface area contributed by atoms with Gasteiger partial charge in [-0.1, -0.05) is 46.6 Å². The summed E-state index contributed by atoms with van der Waals surface area (Å²) in [5, 5.41) is 0. The molecule has 0 radical (unpaired) electrons. The van der Waals surface area contributed by atoms with E-state index < -0.39 is 16.3 Å². The Balaban J connectivity index is 5.04. The molecule has 0 aromatic heterocycles. The molecular weight excluding hydrogens is 190 g/mol. The standard InChI is InChI=1S/C10H27NSi2/c1-10(2,12(5,6)7)13(8,9)11(3)4/h1-9H3. The van der Waals surface area contributed by atoms with Gasteiger partial charge in [0, 0.05) is 8.07 Å². The van der Waals surface area contributed by atoms with Crippen molar-refractivity contribution in [2.24, 2.45) is 0 Å². The van der Waals surface area contributed by atoms with Crippen LogP contribution in [0.15, 0.2) is 0 Å². The Morgan fingerprint density at radius 3 is 1.23 bits per heavy atom. The van der Waals surface area contributed by atoms with Crippen LogP contribution in [0, 0.1) is 0 Å². The molecule has 0 saturated heterocycles. The first kappa shape index (κ1) is 13.4. The van der Waals surface area contributed by atoms with E-state index in [4.69, 9.17) is 0 Å². The van der Waals surface area contributed by atoms with Crippen molar-refractivity contribution in [3.8, 4) is 0 Å². The van der Waals surface area contributed by atoms with Gasteiger partial charge in [-0.05, 0) is 18.8 Å². The summed E-state index contributed by atoms with van der Waals surface area (Å²) in [7, 11) is 2.18. The summed E-state index contributed by atoms with van der Waals surface area (Å²) in [5.41, 5.74) is 0. The zero-order valence-corrected chi connectivity index (χ0v) is 12.9. The van der Waals surface area contributed by atoms with E-state index in [9.17, 15) is 0 Å². The van der Waals surface area contributed by atoms with Crippen LogP contribution in [0.25, 0.3) is 0 Å². The second kappa shape index (κ2) is 3.52. The molecule has 80 valence electrons. The second-order valence-electron chi connectivity index (χ2n) is 6.33. The molecule has 0 unspecified atom stereocenters. The van der Waals surface area contributed by atoms with E-state index in [1.54, 1.807) is 0 Å². The van der Waals surface area contributed by atoms with E-state index in [2.05, 4.69) is 65.2 Å². The van der Waals surface area contributed by atoms with Crippen LogP contribution in [-0.2, 0) is 0 Å². The van der Waals surface area contributed by atoms with Crippen molar-refractivity contribution < 1.29 is 0 Å². The zero-order valence-electron chi connectivity index (χ0n) is 10.9. The predicted octanol–water partition coefficient (Wildman–Crippen LogP) is 3.41. The fourth-order valence-corrected chi connectivity index (χ4v) is 10.6. The van der Waals surface area contributed by atoms with E-state index in [0.29, 0.717) is 4.66 Å². The number of rotatable bonds is 3. The van der Waals surface area contributed by atoms with Gasteiger partial charge in [0.2, 0.25) is 0 Å². The van der Waals surface area contributed by atoms with Crippen LogP contribution in [0.3, 0.4) is 0 Å². The molecule has 0 aromatic carbocycles. The molecule has 0 aliphatic carbocycles. The molecule has 0 N–H and O–H groups in total. The van der Waals surface area contributed by atoms with Crippen LogP contribution in [0.2, 0.25) is 37.4 Å². The Morgan fingerprint density at radius 2 is 1.15 bits per heavy atom. The van der Waals surface area contributed by atoms with Gasteiger partial charge in [-0.25, -0.2) is 0 Å². The Kier molecular flexibility index (Phi) is 3.62. The maximum atomic E-state index is 2.49. The highest BCUT2D eigenvalue weighted by Gasteiger charge is 2.49. The first-order valence-electron chi connectivity index (χ1n) is 5.12. The Labute approximate surface area is 86.6 Å². The summed E-state index contributed by atoms with van der Waals surface area (Å²) in [6.07, 6.45) is 0. The Morgan fingerprint density at radius 1 is 0.846 bits per heavy atom. The fraction of sp³-hybridized carbons (Fsp3) is 1.00. The smallest absolute Gasteiger partial charge is 0.124 e. The fourth-order valence-electron chi connectivity index (χ4n) is 1.48. The van der Waals surface area contributed by atoms with Gasteiger partial charge in [0.25, 0.3) is 0 Å². The van der Waals surface area contributed by atoms with Crippen molar-refractivity contribution in [1.29, 1.82) is 0 Å². The average molecular weight is 218 g/mol. The third kappa shape index (κ3) is 2.25. The molecule has 0 aliphatic rings. The zero-order chi connectivity index (χ0) is 11.1. The van der Waals surface area contributed by atoms with Crippen molar-refractivity contribution in [3.05, 3.63) is 0 Å². The van der Waals surface area contributed by atoms with Gasteiger partial charge in [-0.15, -0.1) is 0 Å². The minimum absolute atomic E-state index is 0.559. The largest absolute Gasteiger partial charge is 0.329 e. The molecule has 0 spiro atoms. The third-order valence-electron chi connectivity index (χ3n) is 4.52. The van der Waals surface area contributed by atoms with Crippen LogP contribution < -0.4 is 0 Å². The molecular formula is C10H27NSi2. The molecule has 0 bridgehead atoms. The highest BCUT2D eigenvalue weighted by atomic mass is 28.4. The van der Waals surface area contributed by atoms with Crippen LogP contribution in [0.1, 0.15) is 13.8 Å². The van der Waals surface area contributed by atoms with Gasteiger partial charge in [-0.2, -0.15) is 0 Å². The van der Waals surface area contributed by atoms with Crippen LogP contribution in [-0.4, -0.2) is 35.0 Å². The summed E-state index contributed by atoms with van der Waals surface area (Å²) in [6.45, 7) is 17.4. The Hall–Kier alpha value is 0.394. The average Bonchev–Trinajstić information content (AvgIpc) is 1.84. The van der Waals surface area contributed by atoms with E-state index in [1.807, 2.05) is 0 Å². The molecule has 0 aromatic rings. The van der Waals surface area contributed by atoms with E-state index in [1.165, 1.54) is 0 Å². The highest BCUT2D eigenvalue weighted by Crippen LogP contribution is 2.46. The molecule has 0 rings (SSSR count). The minimum Gasteiger partial charge on any atom is -0.329 e. The summed E-state index contributed by atoms with van der Waals surface area (Å²) >= 11 is 0. The monoisotopic (exact) mass is 217 g/mol. The first-order chi connectivity index (χ1) is 5.44. The Bertz CT molecular complexity index is 178. The van der Waals surface area contributed by atoms with Crippen LogP contribution in [0.5, 0.6) is 0 Å². The van der Waals surface area contributed by atoms with Crippen molar-refractivity contribution in [2.75, 3.05) is 14.1 Å². The van der Waals surface area contributed by atoms with Crippen molar-refractivity contribution >= 4 is 16.3 Å². The summed E-state index contributed by atoms with van der Waals surface area (Å²) in [5.74, 6) is 0. The lowest BCUT2D eigenvalue weighted by Crippen LogP contribution is -2.60. The minimum atomic E-state index is -1.25. The summed E-state index contributed by atoms with van der Waals surface area (Å²) in [4.78, 5) is 0. The number of hydrogen-bond donors (Lipinski definition) is 0. The lowest BCUT2D eigenvalue weighted by atomic mass is 10.5. The predicted molar refractivity (Wildman–Crippen MR) is 68.6 cm³/mol. The van der Waals surface area contributed by atoms with Crippen LogP contribution >= 0.6 is 0 Å². The molecule has 0 fully saturated rings. The molecule has 13 heavy (non-hydrogen) atoms. The van der Waals surface area contributed by atoms with Crippen LogP contribution in [0.4, 0.5) is 0 Å². The number of hydrogen-bond acceptors (Lipinski definition) is 1. The molecule has 0 saturated carbocycles. The van der Waals surface area contributed by atoms with E-state index in [-0.39, 0.29) is 0 Å². The molecule has 0 amide bonds. The van der Waals surface area contributed by atoms with Gasteiger partial charge < -0.3 is 4.57 Å². The highest BCUT2D eigenvalue weighted by molar-refractivity contribution is 6.97. The summed E-state index contributed by atoms with van der Waals surface area (Å²) in [6, 6.07) is 0. The maximum absolute atomic E-state index is 2.49. The molecule has 0 aliphatic heterocycles. The first-order valence-corrected chi connectivity index (χ1v) is 11.6. The second-order valence-corrected chi connectivity index (χ2v) is 17.8. The van der Waals surface area contributed by atoms with Gasteiger partial charge in [0.1, 0.15) is 8.24 Å². The van der Waals surface area contributed by atoms with Crippen molar-refractivity contribution in [2.45, 2.75) is 51.2 Å². The van der Waals surface area contributed by atoms with Crippen molar-refractivity contribution in [1.82, 2.24) is 4.57 Å². The third-order valence-corrected chi connectivity index (χ3v) is 17.7. The molecule has 0 heterocycles. The quantitative estimate of drug-likeness (QED) is 0.655. The van der Waals surface area contributed by atoms with Gasteiger partial charge in [0.05, 0.1) is 0 Å². The molecule has 3 heteroatoms. The normalized spacial score (nSPS) is 15.2. The lowest BCUT2D eigenvalue weighted by Gasteiger charge is -2.51. The van der Waals surface area contributed by atoms with Crippen molar-refractivity contribution in [3.63, 3.8) is 0 Å². The van der Waals surface area contributed by atoms with E-state index in [0.717, 1.165) is 0 Å². The topological polar surface area (TPSA) is 3.24 Å². The van der Waals surface area contributed by atoms with Gasteiger partial charge in [0.15, 0.2) is 0 Å². The van der Waals surface area contributed by atoms with Gasteiger partial charge >= 0.3 is 0 Å². The lowest BCUT2D eigenvalue weighted by molar-refractivity contribution is 0.583. The summed E-state index contributed by atoms with van der Waals surface area (Å²) < 4.78 is 3.05. The maximum Gasteiger partial charge on any atom is 0.124 e. The molecule has 0 atom stereocenters. The van der Waals surface area contributed by atoms with Gasteiger partial charge in [-0.3, -0.25) is 0 Å². The van der Waals surface area contributed by atoms with E-state index >= 15 is 0 Å².